The Balaban J connectivity index is 2.06. The molecule has 1 atom stereocenters. The van der Waals surface area contributed by atoms with Crippen LogP contribution in [0.5, 0.6) is 0 Å². The molecule has 0 saturated carbocycles. The third-order valence-electron chi connectivity index (χ3n) is 5.09. The topological polar surface area (TPSA) is 50.5 Å². The van der Waals surface area contributed by atoms with Crippen LogP contribution in [0.4, 0.5) is 0 Å². The van der Waals surface area contributed by atoms with Gasteiger partial charge in [-0.2, -0.15) is 0 Å². The van der Waals surface area contributed by atoms with Crippen molar-refractivity contribution in [3.8, 4) is 0 Å². The number of hydrogen-bond acceptors (Lipinski definition) is 3. The van der Waals surface area contributed by atoms with Gasteiger partial charge in [0.15, 0.2) is 5.43 Å². The van der Waals surface area contributed by atoms with Crippen LogP contribution in [0, 0.1) is 13.8 Å². The first kappa shape index (κ1) is 16.9. The summed E-state index contributed by atoms with van der Waals surface area (Å²) in [7, 11) is 0. The molecule has 26 heavy (non-hydrogen) atoms. The van der Waals surface area contributed by atoms with Crippen molar-refractivity contribution in [1.82, 2.24) is 4.90 Å². The predicted octanol–water partition coefficient (Wildman–Crippen LogP) is 4.63. The molecule has 4 nitrogen and oxygen atoms in total. The molecule has 1 unspecified atom stereocenters. The number of nitrogens with zero attached hydrogens (tertiary/aromatic N) is 1. The largest absolute Gasteiger partial charge is 0.450 e. The zero-order chi connectivity index (χ0) is 18.6. The molecule has 0 aliphatic carbocycles. The number of carbonyl (C=O) groups is 1. The van der Waals surface area contributed by atoms with Crippen molar-refractivity contribution in [2.75, 3.05) is 6.54 Å². The average Bonchev–Trinajstić information content (AvgIpc) is 2.89. The van der Waals surface area contributed by atoms with Crippen LogP contribution >= 0.6 is 11.6 Å². The van der Waals surface area contributed by atoms with E-state index in [1.54, 1.807) is 17.0 Å². The third-order valence-corrected chi connectivity index (χ3v) is 5.32. The number of aryl methyl sites for hydroxylation is 2. The minimum Gasteiger partial charge on any atom is -0.450 e. The van der Waals surface area contributed by atoms with E-state index in [-0.39, 0.29) is 17.1 Å². The third kappa shape index (κ3) is 2.36. The molecule has 1 aliphatic heterocycles. The Kier molecular flexibility index (Phi) is 3.88. The summed E-state index contributed by atoms with van der Waals surface area (Å²) in [6, 6.07) is 10.4. The quantitative estimate of drug-likeness (QED) is 0.663. The standard InChI is InChI=1S/C21H18ClNO3/c1-4-23-18(13-6-5-7-14(22)10-13)17-19(24)15-8-11(2)12(3)9-16(15)26-20(17)21(23)25/h5-10,18H,4H2,1-3H3. The van der Waals surface area contributed by atoms with Gasteiger partial charge in [0.05, 0.1) is 17.0 Å². The van der Waals surface area contributed by atoms with Crippen LogP contribution in [0.25, 0.3) is 11.0 Å². The molecule has 0 saturated heterocycles. The predicted molar refractivity (Wildman–Crippen MR) is 102 cm³/mol. The Morgan fingerprint density at radius 3 is 2.54 bits per heavy atom. The summed E-state index contributed by atoms with van der Waals surface area (Å²) in [5.41, 5.74) is 3.54. The summed E-state index contributed by atoms with van der Waals surface area (Å²) in [6.45, 7) is 6.27. The molecule has 1 amide bonds. The van der Waals surface area contributed by atoms with E-state index in [2.05, 4.69) is 0 Å². The number of amides is 1. The lowest BCUT2D eigenvalue weighted by atomic mass is 9.97. The highest BCUT2D eigenvalue weighted by Crippen LogP contribution is 2.38. The van der Waals surface area contributed by atoms with Gasteiger partial charge in [0.1, 0.15) is 5.58 Å². The summed E-state index contributed by atoms with van der Waals surface area (Å²) in [5.74, 6) is -0.123. The van der Waals surface area contributed by atoms with Crippen molar-refractivity contribution in [2.24, 2.45) is 0 Å². The Labute approximate surface area is 156 Å². The first-order valence-corrected chi connectivity index (χ1v) is 8.94. The number of halogens is 1. The molecule has 1 aromatic heterocycles. The monoisotopic (exact) mass is 367 g/mol. The van der Waals surface area contributed by atoms with Crippen LogP contribution in [-0.2, 0) is 0 Å². The second-order valence-electron chi connectivity index (χ2n) is 6.66. The van der Waals surface area contributed by atoms with Gasteiger partial charge in [-0.25, -0.2) is 0 Å². The summed E-state index contributed by atoms with van der Waals surface area (Å²) in [6.07, 6.45) is 0. The van der Waals surface area contributed by atoms with Crippen molar-refractivity contribution in [3.63, 3.8) is 0 Å². The first-order valence-electron chi connectivity index (χ1n) is 8.56. The fourth-order valence-corrected chi connectivity index (χ4v) is 3.82. The van der Waals surface area contributed by atoms with E-state index in [0.29, 0.717) is 28.1 Å². The molecule has 132 valence electrons. The molecule has 0 bridgehead atoms. The molecular formula is C21H18ClNO3. The van der Waals surface area contributed by atoms with E-state index in [9.17, 15) is 9.59 Å². The molecule has 5 heteroatoms. The summed E-state index contributed by atoms with van der Waals surface area (Å²) < 4.78 is 5.92. The minimum atomic E-state index is -0.483. The highest BCUT2D eigenvalue weighted by molar-refractivity contribution is 6.30. The molecule has 2 aromatic carbocycles. The molecular weight excluding hydrogens is 350 g/mol. The van der Waals surface area contributed by atoms with Crippen LogP contribution in [0.2, 0.25) is 5.02 Å². The molecule has 0 fully saturated rings. The van der Waals surface area contributed by atoms with Gasteiger partial charge in [-0.1, -0.05) is 23.7 Å². The van der Waals surface area contributed by atoms with Gasteiger partial charge in [0.2, 0.25) is 5.76 Å². The summed E-state index contributed by atoms with van der Waals surface area (Å²) >= 11 is 6.15. The van der Waals surface area contributed by atoms with Gasteiger partial charge in [0.25, 0.3) is 5.91 Å². The molecule has 1 aliphatic rings. The zero-order valence-corrected chi connectivity index (χ0v) is 15.6. The number of rotatable bonds is 2. The second-order valence-corrected chi connectivity index (χ2v) is 7.09. The SMILES string of the molecule is CCN1C(=O)c2oc3cc(C)c(C)cc3c(=O)c2C1c1cccc(Cl)c1. The van der Waals surface area contributed by atoms with Crippen molar-refractivity contribution >= 4 is 28.5 Å². The van der Waals surface area contributed by atoms with Crippen LogP contribution in [0.1, 0.15) is 45.8 Å². The lowest BCUT2D eigenvalue weighted by Crippen LogP contribution is -2.29. The van der Waals surface area contributed by atoms with Crippen LogP contribution < -0.4 is 5.43 Å². The normalized spacial score (nSPS) is 16.4. The maximum atomic E-state index is 13.3. The fraction of sp³-hybridized carbons (Fsp3) is 0.238. The Hall–Kier alpha value is -2.59. The second kappa shape index (κ2) is 5.99. The van der Waals surface area contributed by atoms with Crippen LogP contribution in [-0.4, -0.2) is 17.4 Å². The van der Waals surface area contributed by atoms with E-state index in [0.717, 1.165) is 16.7 Å². The molecule has 4 rings (SSSR count). The Morgan fingerprint density at radius 2 is 1.85 bits per heavy atom. The molecule has 0 radical (unpaired) electrons. The fourth-order valence-electron chi connectivity index (χ4n) is 3.62. The lowest BCUT2D eigenvalue weighted by molar-refractivity contribution is 0.0738. The number of fused-ring (bicyclic) bond motifs is 2. The highest BCUT2D eigenvalue weighted by atomic mass is 35.5. The first-order chi connectivity index (χ1) is 12.4. The van der Waals surface area contributed by atoms with Gasteiger partial charge >= 0.3 is 0 Å². The van der Waals surface area contributed by atoms with Gasteiger partial charge in [-0.05, 0) is 61.7 Å². The maximum absolute atomic E-state index is 13.3. The van der Waals surface area contributed by atoms with Gasteiger partial charge in [0, 0.05) is 11.6 Å². The average molecular weight is 368 g/mol. The van der Waals surface area contributed by atoms with Crippen molar-refractivity contribution in [3.05, 3.63) is 79.7 Å². The van der Waals surface area contributed by atoms with E-state index < -0.39 is 6.04 Å². The van der Waals surface area contributed by atoms with Crippen molar-refractivity contribution in [2.45, 2.75) is 26.8 Å². The summed E-state index contributed by atoms with van der Waals surface area (Å²) in [4.78, 5) is 27.8. The number of benzene rings is 2. The van der Waals surface area contributed by atoms with Gasteiger partial charge in [-0.15, -0.1) is 0 Å². The van der Waals surface area contributed by atoms with Crippen molar-refractivity contribution in [1.29, 1.82) is 0 Å². The summed E-state index contributed by atoms with van der Waals surface area (Å²) in [5, 5.41) is 1.07. The van der Waals surface area contributed by atoms with E-state index in [1.165, 1.54) is 0 Å². The number of carbonyl (C=O) groups excluding carboxylic acids is 1. The van der Waals surface area contributed by atoms with E-state index >= 15 is 0 Å². The Bertz CT molecular complexity index is 1120. The van der Waals surface area contributed by atoms with Crippen LogP contribution in [0.15, 0.2) is 45.6 Å². The van der Waals surface area contributed by atoms with E-state index in [4.69, 9.17) is 16.0 Å². The molecule has 0 spiro atoms. The van der Waals surface area contributed by atoms with E-state index in [1.807, 2.05) is 45.0 Å². The minimum absolute atomic E-state index is 0.137. The van der Waals surface area contributed by atoms with Gasteiger partial charge < -0.3 is 9.32 Å². The molecule has 2 heterocycles. The smallest absolute Gasteiger partial charge is 0.290 e. The van der Waals surface area contributed by atoms with Crippen LogP contribution in [0.3, 0.4) is 0 Å². The maximum Gasteiger partial charge on any atom is 0.290 e. The lowest BCUT2D eigenvalue weighted by Gasteiger charge is -2.23. The zero-order valence-electron chi connectivity index (χ0n) is 14.8. The van der Waals surface area contributed by atoms with Crippen molar-refractivity contribution < 1.29 is 9.21 Å². The molecule has 0 N–H and O–H groups in total. The molecule has 3 aromatic rings. The Morgan fingerprint density at radius 1 is 1.12 bits per heavy atom. The highest BCUT2D eigenvalue weighted by Gasteiger charge is 2.41. The number of hydrogen-bond donors (Lipinski definition) is 0. The van der Waals surface area contributed by atoms with Gasteiger partial charge in [-0.3, -0.25) is 9.59 Å².